The molecule has 3 saturated carbocycles. The first kappa shape index (κ1) is 24.4. The summed E-state index contributed by atoms with van der Waals surface area (Å²) in [6, 6.07) is 8.99. The maximum atomic E-state index is 15.0. The van der Waals surface area contributed by atoms with Gasteiger partial charge >= 0.3 is 0 Å². The van der Waals surface area contributed by atoms with Crippen LogP contribution in [0, 0.1) is 16.6 Å². The van der Waals surface area contributed by atoms with Crippen molar-refractivity contribution in [2.75, 3.05) is 11.9 Å². The highest BCUT2D eigenvalue weighted by Crippen LogP contribution is 2.54. The van der Waals surface area contributed by atoms with Crippen LogP contribution in [-0.2, 0) is 6.80 Å². The molecule has 190 valence electrons. The highest BCUT2D eigenvalue weighted by atomic mass is 19.1. The van der Waals surface area contributed by atoms with Gasteiger partial charge in [-0.25, -0.2) is 8.78 Å². The van der Waals surface area contributed by atoms with Gasteiger partial charge in [0.1, 0.15) is 11.6 Å². The van der Waals surface area contributed by atoms with Crippen LogP contribution >= 0.6 is 0 Å². The molecule has 2 bridgehead atoms. The summed E-state index contributed by atoms with van der Waals surface area (Å²) in [5.74, 6) is -0.0569. The number of halogens is 2. The number of hydrogen-bond donors (Lipinski definition) is 1. The van der Waals surface area contributed by atoms with E-state index in [0.29, 0.717) is 22.6 Å². The quantitative estimate of drug-likeness (QED) is 0.476. The summed E-state index contributed by atoms with van der Waals surface area (Å²) in [6.45, 7) is 3.84. The van der Waals surface area contributed by atoms with Crippen molar-refractivity contribution in [3.05, 3.63) is 58.8 Å². The standard InChI is InChI=1S/C28H32F2N4O2/c1-27-7-9-28(2,10-8-27)16-19(15-27)33(3)25-5-4-23(31-32-25)21-13-22(30)20(14-24(21)35)18-6-11-34(17-29)26(36)12-18/h4-6,11-14,19,35H,7-10,15-17H2,1-3H3/t19?,27-,28+. The Kier molecular flexibility index (Phi) is 6.09. The van der Waals surface area contributed by atoms with Crippen LogP contribution in [0.15, 0.2) is 47.4 Å². The van der Waals surface area contributed by atoms with E-state index in [1.165, 1.54) is 50.1 Å². The van der Waals surface area contributed by atoms with E-state index < -0.39 is 18.2 Å². The summed E-state index contributed by atoms with van der Waals surface area (Å²) in [7, 11) is 2.06. The largest absolute Gasteiger partial charge is 0.507 e. The Hall–Kier alpha value is -3.29. The smallest absolute Gasteiger partial charge is 0.253 e. The summed E-state index contributed by atoms with van der Waals surface area (Å²) in [5.41, 5.74) is 1.01. The molecule has 0 unspecified atom stereocenters. The second-order valence-electron chi connectivity index (χ2n) is 11.3. The zero-order valence-corrected chi connectivity index (χ0v) is 21.0. The highest BCUT2D eigenvalue weighted by molar-refractivity contribution is 5.74. The summed E-state index contributed by atoms with van der Waals surface area (Å²) >= 11 is 0. The molecule has 0 saturated heterocycles. The van der Waals surface area contributed by atoms with Crippen molar-refractivity contribution < 1.29 is 13.9 Å². The number of rotatable bonds is 5. The van der Waals surface area contributed by atoms with Gasteiger partial charge in [0.05, 0.1) is 5.69 Å². The molecular weight excluding hydrogens is 462 g/mol. The van der Waals surface area contributed by atoms with Gasteiger partial charge in [0, 0.05) is 36.5 Å². The molecular formula is C28H32F2N4O2. The molecule has 0 radical (unpaired) electrons. The first-order valence-electron chi connectivity index (χ1n) is 12.5. The molecule has 1 aromatic carbocycles. The van der Waals surface area contributed by atoms with E-state index in [1.807, 2.05) is 6.07 Å². The molecule has 3 aliphatic carbocycles. The van der Waals surface area contributed by atoms with Gasteiger partial charge in [-0.1, -0.05) is 13.8 Å². The maximum Gasteiger partial charge on any atom is 0.253 e. The zero-order valence-electron chi connectivity index (χ0n) is 21.0. The van der Waals surface area contributed by atoms with Crippen molar-refractivity contribution in [1.82, 2.24) is 14.8 Å². The second kappa shape index (κ2) is 8.98. The Balaban J connectivity index is 1.39. The topological polar surface area (TPSA) is 71.2 Å². The fourth-order valence-corrected chi connectivity index (χ4v) is 5.96. The SMILES string of the molecule is CN(c1ccc(-c2cc(F)c(-c3ccn(CF)c(=O)c3)cc2O)nn1)C1C[C@]2(C)CC[C@@](C)(CC2)C1. The number of pyridine rings is 1. The Bertz CT molecular complexity index is 1310. The monoisotopic (exact) mass is 494 g/mol. The van der Waals surface area contributed by atoms with Crippen LogP contribution in [0.3, 0.4) is 0 Å². The molecule has 36 heavy (non-hydrogen) atoms. The van der Waals surface area contributed by atoms with Crippen LogP contribution in [0.1, 0.15) is 52.4 Å². The number of fused-ring (bicyclic) bond motifs is 4. The molecule has 3 fully saturated rings. The Morgan fingerprint density at radius 3 is 2.25 bits per heavy atom. The zero-order chi connectivity index (χ0) is 25.7. The molecule has 3 aliphatic rings. The van der Waals surface area contributed by atoms with E-state index >= 15 is 4.39 Å². The van der Waals surface area contributed by atoms with Crippen molar-refractivity contribution in [1.29, 1.82) is 0 Å². The summed E-state index contributed by atoms with van der Waals surface area (Å²) in [6.07, 6.45) is 8.60. The number of anilines is 1. The molecule has 2 aromatic heterocycles. The lowest BCUT2D eigenvalue weighted by molar-refractivity contribution is 0.133. The lowest BCUT2D eigenvalue weighted by Gasteiger charge is -2.38. The molecule has 2 heterocycles. The fraction of sp³-hybridized carbons (Fsp3) is 0.464. The summed E-state index contributed by atoms with van der Waals surface area (Å²) < 4.78 is 28.7. The number of hydrogen-bond acceptors (Lipinski definition) is 5. The number of alkyl halides is 1. The normalized spacial score (nSPS) is 25.5. The Morgan fingerprint density at radius 1 is 1.03 bits per heavy atom. The predicted molar refractivity (Wildman–Crippen MR) is 136 cm³/mol. The van der Waals surface area contributed by atoms with Gasteiger partial charge in [0.25, 0.3) is 5.56 Å². The van der Waals surface area contributed by atoms with Crippen molar-refractivity contribution in [2.45, 2.75) is 65.2 Å². The van der Waals surface area contributed by atoms with E-state index in [1.54, 1.807) is 6.07 Å². The molecule has 3 aromatic rings. The van der Waals surface area contributed by atoms with Crippen LogP contribution in [-0.4, -0.2) is 33.0 Å². The Morgan fingerprint density at radius 2 is 1.69 bits per heavy atom. The summed E-state index contributed by atoms with van der Waals surface area (Å²) in [5, 5.41) is 19.4. The van der Waals surface area contributed by atoms with Crippen molar-refractivity contribution in [3.63, 3.8) is 0 Å². The van der Waals surface area contributed by atoms with E-state index in [9.17, 15) is 14.3 Å². The minimum Gasteiger partial charge on any atom is -0.507 e. The second-order valence-corrected chi connectivity index (χ2v) is 11.3. The van der Waals surface area contributed by atoms with E-state index in [0.717, 1.165) is 29.3 Å². The molecule has 8 heteroatoms. The van der Waals surface area contributed by atoms with Gasteiger partial charge in [-0.15, -0.1) is 10.2 Å². The van der Waals surface area contributed by atoms with E-state index in [-0.39, 0.29) is 22.4 Å². The molecule has 0 atom stereocenters. The third-order valence-corrected chi connectivity index (χ3v) is 8.48. The van der Waals surface area contributed by atoms with Crippen molar-refractivity contribution in [3.8, 4) is 28.1 Å². The molecule has 0 spiro atoms. The Labute approximate surface area is 209 Å². The minimum atomic E-state index is -0.963. The average molecular weight is 495 g/mol. The minimum absolute atomic E-state index is 0.0497. The highest BCUT2D eigenvalue weighted by Gasteiger charge is 2.45. The number of nitrogens with zero attached hydrogens (tertiary/aromatic N) is 4. The van der Waals surface area contributed by atoms with Gasteiger partial charge in [0.2, 0.25) is 0 Å². The lowest BCUT2D eigenvalue weighted by atomic mass is 9.67. The first-order valence-corrected chi connectivity index (χ1v) is 12.5. The van der Waals surface area contributed by atoms with E-state index in [2.05, 4.69) is 36.0 Å². The molecule has 0 amide bonds. The molecule has 1 N–H and O–H groups in total. The third kappa shape index (κ3) is 4.49. The summed E-state index contributed by atoms with van der Waals surface area (Å²) in [4.78, 5) is 14.2. The van der Waals surface area contributed by atoms with Crippen LogP contribution < -0.4 is 10.5 Å². The lowest BCUT2D eigenvalue weighted by Crippen LogP contribution is -2.36. The maximum absolute atomic E-state index is 15.0. The van der Waals surface area contributed by atoms with Gasteiger partial charge in [0.15, 0.2) is 12.6 Å². The first-order chi connectivity index (χ1) is 17.1. The van der Waals surface area contributed by atoms with Crippen molar-refractivity contribution in [2.24, 2.45) is 10.8 Å². The fourth-order valence-electron chi connectivity index (χ4n) is 5.96. The third-order valence-electron chi connectivity index (χ3n) is 8.48. The van der Waals surface area contributed by atoms with Crippen LogP contribution in [0.2, 0.25) is 0 Å². The number of aromatic nitrogens is 3. The predicted octanol–water partition coefficient (Wildman–Crippen LogP) is 5.93. The number of benzene rings is 1. The van der Waals surface area contributed by atoms with Crippen LogP contribution in [0.5, 0.6) is 5.75 Å². The van der Waals surface area contributed by atoms with Crippen LogP contribution in [0.25, 0.3) is 22.4 Å². The van der Waals surface area contributed by atoms with Gasteiger partial charge in [-0.3, -0.25) is 9.36 Å². The molecule has 6 rings (SSSR count). The van der Waals surface area contributed by atoms with Crippen molar-refractivity contribution >= 4 is 5.82 Å². The molecule has 6 nitrogen and oxygen atoms in total. The van der Waals surface area contributed by atoms with Gasteiger partial charge in [-0.05, 0) is 85.3 Å². The number of phenols is 1. The average Bonchev–Trinajstić information content (AvgIpc) is 3.09. The van der Waals surface area contributed by atoms with E-state index in [4.69, 9.17) is 0 Å². The van der Waals surface area contributed by atoms with Crippen LogP contribution in [0.4, 0.5) is 14.6 Å². The van der Waals surface area contributed by atoms with Gasteiger partial charge < -0.3 is 10.0 Å². The number of aromatic hydroxyl groups is 1. The van der Waals surface area contributed by atoms with Gasteiger partial charge in [-0.2, -0.15) is 0 Å². The number of phenolic OH excluding ortho intramolecular Hbond substituents is 1. The molecule has 0 aliphatic heterocycles.